The Morgan fingerprint density at radius 1 is 1.41 bits per heavy atom. The average molecular weight is 260 g/mol. The van der Waals surface area contributed by atoms with Crippen LogP contribution < -0.4 is 11.1 Å². The number of rotatable bonds is 5. The van der Waals surface area contributed by atoms with Crippen LogP contribution >= 0.6 is 0 Å². The molecule has 4 nitrogen and oxygen atoms in total. The lowest BCUT2D eigenvalue weighted by Crippen LogP contribution is -2.56. The van der Waals surface area contributed by atoms with Crippen LogP contribution in [0.25, 0.3) is 0 Å². The number of carbonyl (C=O) groups excluding carboxylic acids is 1. The molecule has 0 aromatic rings. The predicted octanol–water partition coefficient (Wildman–Crippen LogP) is 0.921. The van der Waals surface area contributed by atoms with Crippen LogP contribution in [0.1, 0.15) is 45.4 Å². The number of carbonyl (C=O) groups is 1. The first-order valence-electron chi connectivity index (χ1n) is 6.34. The van der Waals surface area contributed by atoms with Gasteiger partial charge in [0.15, 0.2) is 0 Å². The van der Waals surface area contributed by atoms with Crippen molar-refractivity contribution in [2.75, 3.05) is 12.0 Å². The average Bonchev–Trinajstić information content (AvgIpc) is 2.27. The summed E-state index contributed by atoms with van der Waals surface area (Å²) in [6, 6.07) is 0.0498. The van der Waals surface area contributed by atoms with Gasteiger partial charge in [-0.3, -0.25) is 9.00 Å². The second-order valence-corrected chi connectivity index (χ2v) is 6.71. The fraction of sp³-hybridized carbons (Fsp3) is 0.917. The van der Waals surface area contributed by atoms with Crippen molar-refractivity contribution in [3.05, 3.63) is 0 Å². The molecule has 0 radical (unpaired) electrons. The summed E-state index contributed by atoms with van der Waals surface area (Å²) < 4.78 is 11.0. The van der Waals surface area contributed by atoms with Gasteiger partial charge in [0.1, 0.15) is 0 Å². The molecule has 0 spiro atoms. The minimum Gasteiger partial charge on any atom is -0.352 e. The van der Waals surface area contributed by atoms with Crippen LogP contribution in [0.5, 0.6) is 0 Å². The summed E-state index contributed by atoms with van der Waals surface area (Å²) >= 11 is 0. The molecule has 17 heavy (non-hydrogen) atoms. The molecule has 2 atom stereocenters. The van der Waals surface area contributed by atoms with Gasteiger partial charge in [-0.05, 0) is 26.2 Å². The Labute approximate surface area is 106 Å². The molecule has 3 N–H and O–H groups in total. The van der Waals surface area contributed by atoms with Crippen LogP contribution in [0.2, 0.25) is 0 Å². The Bertz CT molecular complexity index is 288. The van der Waals surface area contributed by atoms with Crippen molar-refractivity contribution in [1.82, 2.24) is 5.32 Å². The summed E-state index contributed by atoms with van der Waals surface area (Å²) in [6.07, 6.45) is 7.24. The van der Waals surface area contributed by atoms with Gasteiger partial charge in [-0.25, -0.2) is 0 Å². The molecule has 1 saturated carbocycles. The highest BCUT2D eigenvalue weighted by atomic mass is 32.2. The van der Waals surface area contributed by atoms with Crippen molar-refractivity contribution >= 4 is 16.7 Å². The molecular weight excluding hydrogens is 236 g/mol. The predicted molar refractivity (Wildman–Crippen MR) is 71.2 cm³/mol. The molecule has 0 bridgehead atoms. The molecule has 5 heteroatoms. The first kappa shape index (κ1) is 14.6. The van der Waals surface area contributed by atoms with Gasteiger partial charge in [-0.15, -0.1) is 0 Å². The molecule has 1 aliphatic carbocycles. The van der Waals surface area contributed by atoms with E-state index in [1.54, 1.807) is 6.26 Å². The van der Waals surface area contributed by atoms with Crippen LogP contribution in [0, 0.1) is 0 Å². The SMILES string of the molecule is CC(CCS(C)=O)NC(=O)C1(N)CCCCC1. The van der Waals surface area contributed by atoms with Crippen LogP contribution in [0.4, 0.5) is 0 Å². The molecule has 0 aromatic heterocycles. The smallest absolute Gasteiger partial charge is 0.240 e. The summed E-state index contributed by atoms with van der Waals surface area (Å²) in [4.78, 5) is 12.1. The molecule has 100 valence electrons. The van der Waals surface area contributed by atoms with E-state index in [1.807, 2.05) is 6.92 Å². The zero-order valence-electron chi connectivity index (χ0n) is 10.8. The van der Waals surface area contributed by atoms with E-state index in [4.69, 9.17) is 5.73 Å². The first-order valence-corrected chi connectivity index (χ1v) is 8.06. The molecular formula is C12H24N2O2S. The minimum absolute atomic E-state index is 0.0356. The Hall–Kier alpha value is -0.420. The largest absolute Gasteiger partial charge is 0.352 e. The fourth-order valence-electron chi connectivity index (χ4n) is 2.19. The molecule has 1 aliphatic rings. The van der Waals surface area contributed by atoms with Gasteiger partial charge in [0, 0.05) is 28.9 Å². The van der Waals surface area contributed by atoms with E-state index in [1.165, 1.54) is 6.42 Å². The minimum atomic E-state index is -0.799. The summed E-state index contributed by atoms with van der Waals surface area (Å²) in [5.74, 6) is 0.588. The third-order valence-electron chi connectivity index (χ3n) is 3.41. The standard InChI is InChI=1S/C12H24N2O2S/c1-10(6-9-17(2)16)14-11(15)12(13)7-4-3-5-8-12/h10H,3-9,13H2,1-2H3,(H,14,15). The molecule has 1 amide bonds. The monoisotopic (exact) mass is 260 g/mol. The zero-order valence-corrected chi connectivity index (χ0v) is 11.6. The fourth-order valence-corrected chi connectivity index (χ4v) is 2.88. The number of hydrogen-bond acceptors (Lipinski definition) is 3. The van der Waals surface area contributed by atoms with E-state index in [2.05, 4.69) is 5.32 Å². The van der Waals surface area contributed by atoms with Crippen molar-refractivity contribution in [3.8, 4) is 0 Å². The molecule has 0 heterocycles. The topological polar surface area (TPSA) is 72.2 Å². The van der Waals surface area contributed by atoms with Gasteiger partial charge < -0.3 is 11.1 Å². The maximum Gasteiger partial charge on any atom is 0.240 e. The lowest BCUT2D eigenvalue weighted by Gasteiger charge is -2.33. The number of nitrogens with one attached hydrogen (secondary N) is 1. The molecule has 2 unspecified atom stereocenters. The molecule has 0 aliphatic heterocycles. The second-order valence-electron chi connectivity index (χ2n) is 5.16. The Kier molecular flexibility index (Phi) is 5.59. The number of hydrogen-bond donors (Lipinski definition) is 2. The van der Waals surface area contributed by atoms with Gasteiger partial charge in [-0.1, -0.05) is 19.3 Å². The van der Waals surface area contributed by atoms with E-state index in [9.17, 15) is 9.00 Å². The molecule has 0 aromatic carbocycles. The normalized spacial score (nSPS) is 22.8. The maximum atomic E-state index is 12.1. The highest BCUT2D eigenvalue weighted by Gasteiger charge is 2.35. The van der Waals surface area contributed by atoms with Crippen LogP contribution in [0.15, 0.2) is 0 Å². The first-order chi connectivity index (χ1) is 7.94. The lowest BCUT2D eigenvalue weighted by molar-refractivity contribution is -0.128. The van der Waals surface area contributed by atoms with Crippen molar-refractivity contribution < 1.29 is 9.00 Å². The van der Waals surface area contributed by atoms with Crippen LogP contribution in [0.3, 0.4) is 0 Å². The molecule has 1 fully saturated rings. The zero-order chi connectivity index (χ0) is 12.9. The van der Waals surface area contributed by atoms with Crippen molar-refractivity contribution in [2.45, 2.75) is 57.0 Å². The summed E-state index contributed by atoms with van der Waals surface area (Å²) in [7, 11) is -0.799. The van der Waals surface area contributed by atoms with Gasteiger partial charge in [0.25, 0.3) is 0 Å². The third-order valence-corrected chi connectivity index (χ3v) is 4.22. The second kappa shape index (κ2) is 6.50. The molecule has 0 saturated heterocycles. The number of nitrogens with two attached hydrogens (primary N) is 1. The summed E-state index contributed by atoms with van der Waals surface area (Å²) in [5.41, 5.74) is 5.47. The highest BCUT2D eigenvalue weighted by molar-refractivity contribution is 7.84. The quantitative estimate of drug-likeness (QED) is 0.772. The Morgan fingerprint density at radius 2 is 2.00 bits per heavy atom. The van der Waals surface area contributed by atoms with Gasteiger partial charge >= 0.3 is 0 Å². The van der Waals surface area contributed by atoms with Gasteiger partial charge in [0.2, 0.25) is 5.91 Å². The van der Waals surface area contributed by atoms with E-state index >= 15 is 0 Å². The summed E-state index contributed by atoms with van der Waals surface area (Å²) in [5, 5.41) is 2.95. The lowest BCUT2D eigenvalue weighted by atomic mass is 9.82. The van der Waals surface area contributed by atoms with E-state index < -0.39 is 16.3 Å². The van der Waals surface area contributed by atoms with Crippen LogP contribution in [-0.4, -0.2) is 33.7 Å². The van der Waals surface area contributed by atoms with Crippen molar-refractivity contribution in [1.29, 1.82) is 0 Å². The van der Waals surface area contributed by atoms with E-state index in [-0.39, 0.29) is 11.9 Å². The van der Waals surface area contributed by atoms with E-state index in [0.717, 1.165) is 32.1 Å². The number of amides is 1. The summed E-state index contributed by atoms with van der Waals surface area (Å²) in [6.45, 7) is 1.94. The Morgan fingerprint density at radius 3 is 2.53 bits per heavy atom. The van der Waals surface area contributed by atoms with Gasteiger partial charge in [0.05, 0.1) is 5.54 Å². The highest BCUT2D eigenvalue weighted by Crippen LogP contribution is 2.26. The van der Waals surface area contributed by atoms with Crippen LogP contribution in [-0.2, 0) is 15.6 Å². The van der Waals surface area contributed by atoms with E-state index in [0.29, 0.717) is 5.75 Å². The van der Waals surface area contributed by atoms with Crippen molar-refractivity contribution in [2.24, 2.45) is 5.73 Å². The Balaban J connectivity index is 2.39. The maximum absolute atomic E-state index is 12.1. The van der Waals surface area contributed by atoms with Gasteiger partial charge in [-0.2, -0.15) is 0 Å². The molecule has 1 rings (SSSR count). The van der Waals surface area contributed by atoms with Crippen molar-refractivity contribution in [3.63, 3.8) is 0 Å². The third kappa shape index (κ3) is 4.76.